The van der Waals surface area contributed by atoms with E-state index in [-0.39, 0.29) is 23.9 Å². The summed E-state index contributed by atoms with van der Waals surface area (Å²) < 4.78 is 36.0. The second kappa shape index (κ2) is 9.50. The Morgan fingerprint density at radius 1 is 1.25 bits per heavy atom. The number of hydrogen-bond donors (Lipinski definition) is 1. The number of fused-ring (bicyclic) bond motifs is 1. The summed E-state index contributed by atoms with van der Waals surface area (Å²) in [6.07, 6.45) is 4.02. The minimum Gasteiger partial charge on any atom is -0.482 e. The van der Waals surface area contributed by atoms with Gasteiger partial charge in [-0.1, -0.05) is 11.3 Å². The van der Waals surface area contributed by atoms with Crippen molar-refractivity contribution >= 4 is 11.0 Å². The summed E-state index contributed by atoms with van der Waals surface area (Å²) in [5, 5.41) is 28.3. The number of aliphatic hydroxyl groups is 1. The third kappa shape index (κ3) is 4.22. The fourth-order valence-electron chi connectivity index (χ4n) is 4.59. The molecule has 0 bridgehead atoms. The van der Waals surface area contributed by atoms with Crippen molar-refractivity contribution in [3.8, 4) is 23.2 Å². The molecule has 1 aliphatic rings. The van der Waals surface area contributed by atoms with Gasteiger partial charge in [-0.2, -0.15) is 14.0 Å². The number of hydrogen-bond acceptors (Lipinski definition) is 8. The maximum atomic E-state index is 13.7. The third-order valence-electron chi connectivity index (χ3n) is 6.46. The fraction of sp³-hybridized carbons (Fsp3) is 0.375. The highest BCUT2D eigenvalue weighted by molar-refractivity contribution is 5.87. The smallest absolute Gasteiger partial charge is 0.320 e. The van der Waals surface area contributed by atoms with Gasteiger partial charge in [0.1, 0.15) is 29.4 Å². The van der Waals surface area contributed by atoms with Crippen LogP contribution in [0.5, 0.6) is 5.75 Å². The maximum Gasteiger partial charge on any atom is 0.320 e. The number of likely N-dealkylation sites (tertiary alicyclic amines) is 1. The number of ether oxygens (including phenoxy) is 1. The molecule has 36 heavy (non-hydrogen) atoms. The standard InChI is InChI=1S/C24H24F2N8O2/c1-14-22(30-31-34(14)19-6-8-32(12-27)11-20(19)35)16-9-18-23(33(13-29-18)24(25)26)21(10-16)36-15(2)17-5-3-4-7-28-17/h3-5,7,9-10,13,15,19-20,24,35H,6,8,11H2,1-2H3/t15-,19?,20?/m1/s1. The number of rotatable bonds is 6. The van der Waals surface area contributed by atoms with Gasteiger partial charge in [-0.3, -0.25) is 9.55 Å². The van der Waals surface area contributed by atoms with Crippen LogP contribution in [0.4, 0.5) is 8.78 Å². The van der Waals surface area contributed by atoms with E-state index >= 15 is 0 Å². The summed E-state index contributed by atoms with van der Waals surface area (Å²) in [7, 11) is 0. The molecule has 1 saturated heterocycles. The Morgan fingerprint density at radius 2 is 2.08 bits per heavy atom. The molecule has 1 fully saturated rings. The summed E-state index contributed by atoms with van der Waals surface area (Å²) in [5.74, 6) is 0.217. The second-order valence-electron chi connectivity index (χ2n) is 8.72. The van der Waals surface area contributed by atoms with Crippen LogP contribution < -0.4 is 4.74 Å². The minimum atomic E-state index is -2.79. The predicted octanol–water partition coefficient (Wildman–Crippen LogP) is 3.62. The van der Waals surface area contributed by atoms with Crippen LogP contribution in [0, 0.1) is 18.4 Å². The summed E-state index contributed by atoms with van der Waals surface area (Å²) in [5.41, 5.74) is 2.96. The molecule has 4 heterocycles. The number of imidazole rings is 1. The molecule has 1 aliphatic heterocycles. The highest BCUT2D eigenvalue weighted by atomic mass is 19.3. The Kier molecular flexibility index (Phi) is 6.24. The zero-order valence-electron chi connectivity index (χ0n) is 19.7. The van der Waals surface area contributed by atoms with Crippen LogP contribution in [0.25, 0.3) is 22.3 Å². The van der Waals surface area contributed by atoms with E-state index in [1.54, 1.807) is 42.1 Å². The van der Waals surface area contributed by atoms with Crippen LogP contribution in [0.2, 0.25) is 0 Å². The maximum absolute atomic E-state index is 13.7. The number of alkyl halides is 2. The highest BCUT2D eigenvalue weighted by Gasteiger charge is 2.31. The quantitative estimate of drug-likeness (QED) is 0.404. The first-order valence-corrected chi connectivity index (χ1v) is 11.5. The molecule has 3 atom stereocenters. The molecule has 0 saturated carbocycles. The molecule has 12 heteroatoms. The number of piperidine rings is 1. The van der Waals surface area contributed by atoms with Crippen molar-refractivity contribution in [2.24, 2.45) is 0 Å². The number of halogens is 2. The normalized spacial score (nSPS) is 19.0. The van der Waals surface area contributed by atoms with Gasteiger partial charge in [0, 0.05) is 18.3 Å². The zero-order valence-corrected chi connectivity index (χ0v) is 19.7. The van der Waals surface area contributed by atoms with Crippen molar-refractivity contribution < 1.29 is 18.6 Å². The number of nitriles is 1. The first kappa shape index (κ1) is 23.6. The van der Waals surface area contributed by atoms with Gasteiger partial charge in [0.15, 0.2) is 6.19 Å². The van der Waals surface area contributed by atoms with E-state index in [1.807, 2.05) is 13.0 Å². The van der Waals surface area contributed by atoms with Gasteiger partial charge in [-0.05, 0) is 44.5 Å². The summed E-state index contributed by atoms with van der Waals surface area (Å²) >= 11 is 0. The van der Waals surface area contributed by atoms with E-state index in [4.69, 9.17) is 10.00 Å². The summed E-state index contributed by atoms with van der Waals surface area (Å²) in [6, 6.07) is 8.40. The number of nitrogens with zero attached hydrogens (tertiary/aromatic N) is 8. The molecule has 0 radical (unpaired) electrons. The zero-order chi connectivity index (χ0) is 25.4. The molecule has 0 spiro atoms. The number of aliphatic hydroxyl groups excluding tert-OH is 1. The molecule has 4 aromatic rings. The van der Waals surface area contributed by atoms with Crippen LogP contribution in [-0.4, -0.2) is 58.7 Å². The molecule has 1 N–H and O–H groups in total. The molecule has 2 unspecified atom stereocenters. The lowest BCUT2D eigenvalue weighted by molar-refractivity contribution is 0.0419. The van der Waals surface area contributed by atoms with E-state index in [1.165, 1.54) is 4.90 Å². The molecule has 186 valence electrons. The lowest BCUT2D eigenvalue weighted by Crippen LogP contribution is -2.43. The van der Waals surface area contributed by atoms with Crippen molar-refractivity contribution in [1.29, 1.82) is 5.26 Å². The Bertz CT molecular complexity index is 1420. The Labute approximate surface area is 205 Å². The number of aromatic nitrogens is 6. The molecular formula is C24H24F2N8O2. The van der Waals surface area contributed by atoms with Crippen LogP contribution in [0.3, 0.4) is 0 Å². The Morgan fingerprint density at radius 3 is 2.78 bits per heavy atom. The fourth-order valence-corrected chi connectivity index (χ4v) is 4.59. The van der Waals surface area contributed by atoms with Crippen molar-refractivity contribution in [2.75, 3.05) is 13.1 Å². The largest absolute Gasteiger partial charge is 0.482 e. The van der Waals surface area contributed by atoms with Crippen molar-refractivity contribution in [3.05, 3.63) is 54.2 Å². The highest BCUT2D eigenvalue weighted by Crippen LogP contribution is 2.37. The van der Waals surface area contributed by atoms with Crippen molar-refractivity contribution in [2.45, 2.75) is 45.1 Å². The third-order valence-corrected chi connectivity index (χ3v) is 6.46. The second-order valence-corrected chi connectivity index (χ2v) is 8.72. The molecule has 10 nitrogen and oxygen atoms in total. The lowest BCUT2D eigenvalue weighted by atomic mass is 10.0. The lowest BCUT2D eigenvalue weighted by Gasteiger charge is -2.33. The SMILES string of the molecule is Cc1c(-c2cc(O[C@H](C)c3ccccn3)c3c(c2)ncn3C(F)F)nnn1C1CCN(C#N)CC1O. The molecule has 3 aromatic heterocycles. The predicted molar refractivity (Wildman–Crippen MR) is 125 cm³/mol. The van der Waals surface area contributed by atoms with Crippen LogP contribution >= 0.6 is 0 Å². The van der Waals surface area contributed by atoms with Crippen molar-refractivity contribution in [3.63, 3.8) is 0 Å². The van der Waals surface area contributed by atoms with Gasteiger partial charge in [0.25, 0.3) is 0 Å². The topological polar surface area (TPSA) is 118 Å². The van der Waals surface area contributed by atoms with E-state index in [0.717, 1.165) is 10.9 Å². The number of β-amino-alcohol motifs (C(OH)–C–C–N with tert-alkyl or cyclic N) is 1. The Hall–Kier alpha value is -4.11. The first-order valence-electron chi connectivity index (χ1n) is 11.5. The minimum absolute atomic E-state index is 0.167. The van der Waals surface area contributed by atoms with Gasteiger partial charge >= 0.3 is 6.55 Å². The molecule has 0 amide bonds. The van der Waals surface area contributed by atoms with Gasteiger partial charge in [-0.25, -0.2) is 9.67 Å². The number of benzene rings is 1. The molecule has 5 rings (SSSR count). The Balaban J connectivity index is 1.55. The first-order chi connectivity index (χ1) is 17.4. The summed E-state index contributed by atoms with van der Waals surface area (Å²) in [6.45, 7) is 1.55. The van der Waals surface area contributed by atoms with Gasteiger partial charge in [0.05, 0.1) is 35.6 Å². The average Bonchev–Trinajstić information content (AvgIpc) is 3.48. The van der Waals surface area contributed by atoms with Crippen LogP contribution in [0.15, 0.2) is 42.9 Å². The molecule has 1 aromatic carbocycles. The van der Waals surface area contributed by atoms with E-state index in [0.29, 0.717) is 41.1 Å². The molecule has 0 aliphatic carbocycles. The van der Waals surface area contributed by atoms with E-state index < -0.39 is 18.8 Å². The van der Waals surface area contributed by atoms with Gasteiger partial charge in [0.2, 0.25) is 0 Å². The monoisotopic (exact) mass is 494 g/mol. The van der Waals surface area contributed by atoms with Gasteiger partial charge < -0.3 is 14.7 Å². The van der Waals surface area contributed by atoms with E-state index in [9.17, 15) is 13.9 Å². The van der Waals surface area contributed by atoms with Gasteiger partial charge in [-0.15, -0.1) is 5.10 Å². The van der Waals surface area contributed by atoms with Crippen LogP contribution in [0.1, 0.15) is 43.4 Å². The molecular weight excluding hydrogens is 470 g/mol. The van der Waals surface area contributed by atoms with E-state index in [2.05, 4.69) is 26.5 Å². The van der Waals surface area contributed by atoms with Crippen molar-refractivity contribution in [1.82, 2.24) is 34.4 Å². The number of pyridine rings is 1. The van der Waals surface area contributed by atoms with Crippen LogP contribution in [-0.2, 0) is 0 Å². The summed E-state index contributed by atoms with van der Waals surface area (Å²) in [4.78, 5) is 9.99. The average molecular weight is 495 g/mol.